The lowest BCUT2D eigenvalue weighted by molar-refractivity contribution is -0.118. The van der Waals surface area contributed by atoms with Crippen molar-refractivity contribution in [3.63, 3.8) is 0 Å². The summed E-state index contributed by atoms with van der Waals surface area (Å²) in [6.07, 6.45) is 7.49. The molecule has 1 aliphatic carbocycles. The molecule has 2 rings (SSSR count). The van der Waals surface area contributed by atoms with Crippen molar-refractivity contribution >= 4 is 12.0 Å². The van der Waals surface area contributed by atoms with Crippen molar-refractivity contribution in [2.45, 2.75) is 44.2 Å². The number of hydrogen-bond acceptors (Lipinski definition) is 3. The third-order valence-corrected chi connectivity index (χ3v) is 3.63. The van der Waals surface area contributed by atoms with Crippen molar-refractivity contribution in [2.75, 3.05) is 0 Å². The summed E-state index contributed by atoms with van der Waals surface area (Å²) in [5, 5.41) is 22.0. The number of phenols is 1. The maximum absolute atomic E-state index is 11.9. The molecular weight excluding hydrogens is 254 g/mol. The van der Waals surface area contributed by atoms with Crippen LogP contribution in [0.5, 0.6) is 5.75 Å². The number of hydrogen-bond donors (Lipinski definition) is 3. The second-order valence-corrected chi connectivity index (χ2v) is 5.25. The molecule has 0 saturated heterocycles. The van der Waals surface area contributed by atoms with E-state index in [1.807, 2.05) is 0 Å². The fraction of sp³-hybridized carbons (Fsp3) is 0.438. The first-order chi connectivity index (χ1) is 9.65. The van der Waals surface area contributed by atoms with E-state index in [1.165, 1.54) is 6.08 Å². The predicted octanol–water partition coefficient (Wildman–Crippen LogP) is 2.22. The molecule has 4 nitrogen and oxygen atoms in total. The Morgan fingerprint density at radius 2 is 1.85 bits per heavy atom. The minimum absolute atomic E-state index is 0.144. The second-order valence-electron chi connectivity index (χ2n) is 5.25. The zero-order chi connectivity index (χ0) is 14.4. The molecule has 1 aliphatic rings. The molecule has 2 unspecified atom stereocenters. The van der Waals surface area contributed by atoms with Gasteiger partial charge in [-0.05, 0) is 36.6 Å². The van der Waals surface area contributed by atoms with Gasteiger partial charge in [0.2, 0.25) is 5.91 Å². The van der Waals surface area contributed by atoms with Gasteiger partial charge in [0.25, 0.3) is 0 Å². The summed E-state index contributed by atoms with van der Waals surface area (Å²) >= 11 is 0. The number of carbonyl (C=O) groups is 1. The molecule has 0 spiro atoms. The van der Waals surface area contributed by atoms with Crippen molar-refractivity contribution in [3.8, 4) is 5.75 Å². The van der Waals surface area contributed by atoms with Crippen molar-refractivity contribution < 1.29 is 15.0 Å². The highest BCUT2D eigenvalue weighted by Gasteiger charge is 2.22. The molecule has 0 aromatic heterocycles. The molecule has 4 heteroatoms. The van der Waals surface area contributed by atoms with E-state index in [0.717, 1.165) is 37.7 Å². The Bertz CT molecular complexity index is 467. The lowest BCUT2D eigenvalue weighted by Gasteiger charge is -2.20. The third-order valence-electron chi connectivity index (χ3n) is 3.63. The zero-order valence-corrected chi connectivity index (χ0v) is 11.5. The van der Waals surface area contributed by atoms with Gasteiger partial charge in [0.15, 0.2) is 0 Å². The lowest BCUT2D eigenvalue weighted by atomic mass is 10.1. The highest BCUT2D eigenvalue weighted by molar-refractivity contribution is 5.91. The molecule has 108 valence electrons. The minimum Gasteiger partial charge on any atom is -0.508 e. The smallest absolute Gasteiger partial charge is 0.244 e. The Morgan fingerprint density at radius 3 is 2.60 bits per heavy atom. The van der Waals surface area contributed by atoms with Gasteiger partial charge in [0.05, 0.1) is 12.1 Å². The first-order valence-electron chi connectivity index (χ1n) is 7.11. The van der Waals surface area contributed by atoms with Gasteiger partial charge in [0, 0.05) is 6.08 Å². The Kier molecular flexibility index (Phi) is 5.18. The van der Waals surface area contributed by atoms with Crippen molar-refractivity contribution in [3.05, 3.63) is 35.9 Å². The average Bonchev–Trinajstić information content (AvgIpc) is 2.64. The highest BCUT2D eigenvalue weighted by atomic mass is 16.3. The summed E-state index contributed by atoms with van der Waals surface area (Å²) in [5.41, 5.74) is 0.847. The molecule has 1 saturated carbocycles. The maximum atomic E-state index is 11.9. The van der Waals surface area contributed by atoms with Gasteiger partial charge in [0.1, 0.15) is 5.75 Å². The number of aliphatic hydroxyl groups excluding tert-OH is 1. The fourth-order valence-corrected chi connectivity index (χ4v) is 2.44. The summed E-state index contributed by atoms with van der Waals surface area (Å²) in [5.74, 6) is 0.0113. The molecule has 0 heterocycles. The number of aliphatic hydroxyl groups is 1. The van der Waals surface area contributed by atoms with Gasteiger partial charge in [-0.25, -0.2) is 0 Å². The van der Waals surface area contributed by atoms with Crippen LogP contribution in [0.3, 0.4) is 0 Å². The first-order valence-corrected chi connectivity index (χ1v) is 7.11. The Hall–Kier alpha value is -1.81. The van der Waals surface area contributed by atoms with Crippen molar-refractivity contribution in [2.24, 2.45) is 0 Å². The number of amides is 1. The Labute approximate surface area is 119 Å². The van der Waals surface area contributed by atoms with E-state index in [1.54, 1.807) is 30.3 Å². The SMILES string of the molecule is O=C(/C=C/c1ccc(O)cc1)NC1CCCCCC1O. The summed E-state index contributed by atoms with van der Waals surface area (Å²) in [6, 6.07) is 6.48. The van der Waals surface area contributed by atoms with E-state index in [0.29, 0.717) is 0 Å². The average molecular weight is 275 g/mol. The molecule has 0 radical (unpaired) electrons. The molecule has 0 aliphatic heterocycles. The minimum atomic E-state index is -0.441. The largest absolute Gasteiger partial charge is 0.508 e. The number of rotatable bonds is 3. The summed E-state index contributed by atoms with van der Waals surface area (Å²) in [7, 11) is 0. The number of aromatic hydroxyl groups is 1. The van der Waals surface area contributed by atoms with Crippen LogP contribution in [-0.2, 0) is 4.79 Å². The van der Waals surface area contributed by atoms with Crippen LogP contribution in [-0.4, -0.2) is 28.3 Å². The maximum Gasteiger partial charge on any atom is 0.244 e. The molecule has 1 fully saturated rings. The number of benzene rings is 1. The topological polar surface area (TPSA) is 69.6 Å². The van der Waals surface area contributed by atoms with E-state index < -0.39 is 6.10 Å². The van der Waals surface area contributed by atoms with E-state index in [9.17, 15) is 15.0 Å². The molecule has 1 aromatic carbocycles. The van der Waals surface area contributed by atoms with Gasteiger partial charge in [-0.15, -0.1) is 0 Å². The molecule has 2 atom stereocenters. The van der Waals surface area contributed by atoms with Crippen molar-refractivity contribution in [1.29, 1.82) is 0 Å². The standard InChI is InChI=1S/C16H21NO3/c18-13-9-6-12(7-10-13)8-11-16(20)17-14-4-2-1-3-5-15(14)19/h6-11,14-15,18-19H,1-5H2,(H,17,20)/b11-8+. The highest BCUT2D eigenvalue weighted by Crippen LogP contribution is 2.18. The first kappa shape index (κ1) is 14.6. The Morgan fingerprint density at radius 1 is 1.15 bits per heavy atom. The van der Waals surface area contributed by atoms with E-state index in [4.69, 9.17) is 0 Å². The second kappa shape index (κ2) is 7.10. The van der Waals surface area contributed by atoms with E-state index in [2.05, 4.69) is 5.32 Å². The van der Waals surface area contributed by atoms with Crippen molar-refractivity contribution in [1.82, 2.24) is 5.32 Å². The van der Waals surface area contributed by atoms with Crippen LogP contribution in [0.25, 0.3) is 6.08 Å². The number of carbonyl (C=O) groups excluding carboxylic acids is 1. The normalized spacial score (nSPS) is 23.4. The fourth-order valence-electron chi connectivity index (χ4n) is 2.44. The molecule has 3 N–H and O–H groups in total. The molecule has 1 amide bonds. The van der Waals surface area contributed by atoms with Crippen LogP contribution < -0.4 is 5.32 Å². The van der Waals surface area contributed by atoms with Crippen LogP contribution in [0.15, 0.2) is 30.3 Å². The molecular formula is C16H21NO3. The lowest BCUT2D eigenvalue weighted by Crippen LogP contribution is -2.41. The van der Waals surface area contributed by atoms with Gasteiger partial charge in [-0.3, -0.25) is 4.79 Å². The van der Waals surface area contributed by atoms with Gasteiger partial charge >= 0.3 is 0 Å². The Balaban J connectivity index is 1.89. The van der Waals surface area contributed by atoms with Crippen LogP contribution in [0.1, 0.15) is 37.7 Å². The molecule has 0 bridgehead atoms. The molecule has 20 heavy (non-hydrogen) atoms. The van der Waals surface area contributed by atoms with Crippen LogP contribution in [0.4, 0.5) is 0 Å². The predicted molar refractivity (Wildman–Crippen MR) is 78.2 cm³/mol. The van der Waals surface area contributed by atoms with Gasteiger partial charge in [-0.2, -0.15) is 0 Å². The van der Waals surface area contributed by atoms with E-state index in [-0.39, 0.29) is 17.7 Å². The van der Waals surface area contributed by atoms with Crippen LogP contribution in [0.2, 0.25) is 0 Å². The molecule has 1 aromatic rings. The third kappa shape index (κ3) is 4.38. The van der Waals surface area contributed by atoms with E-state index >= 15 is 0 Å². The summed E-state index contributed by atoms with van der Waals surface area (Å²) < 4.78 is 0. The number of nitrogens with one attached hydrogen (secondary N) is 1. The quantitative estimate of drug-likeness (QED) is 0.585. The monoisotopic (exact) mass is 275 g/mol. The van der Waals surface area contributed by atoms with Crippen LogP contribution >= 0.6 is 0 Å². The van der Waals surface area contributed by atoms with Gasteiger partial charge < -0.3 is 15.5 Å². The summed E-state index contributed by atoms with van der Waals surface area (Å²) in [4.78, 5) is 11.9. The zero-order valence-electron chi connectivity index (χ0n) is 11.5. The van der Waals surface area contributed by atoms with Crippen LogP contribution in [0, 0.1) is 0 Å². The summed E-state index contributed by atoms with van der Waals surface area (Å²) in [6.45, 7) is 0. The van der Waals surface area contributed by atoms with Gasteiger partial charge in [-0.1, -0.05) is 31.4 Å². The number of phenolic OH excluding ortho intramolecular Hbond substituents is 1.